The van der Waals surface area contributed by atoms with Gasteiger partial charge in [-0.1, -0.05) is 62.1 Å². The molecule has 0 saturated heterocycles. The maximum absolute atomic E-state index is 14.7. The van der Waals surface area contributed by atoms with Gasteiger partial charge in [0.05, 0.1) is 33.6 Å². The fraction of sp³-hybridized carbons (Fsp3) is 0.500. The Morgan fingerprint density at radius 2 is 0.896 bits per heavy atom. The summed E-state index contributed by atoms with van der Waals surface area (Å²) < 4.78 is 27.7. The van der Waals surface area contributed by atoms with E-state index in [1.54, 1.807) is 4.90 Å². The second-order valence-electron chi connectivity index (χ2n) is 33.5. The second kappa shape index (κ2) is 32.7. The molecule has 12 rings (SSSR count). The van der Waals surface area contributed by atoms with Crippen LogP contribution in [0.4, 0.5) is 37.1 Å². The molecule has 2 atom stereocenters. The normalized spacial score (nSPS) is 17.6. The van der Waals surface area contributed by atoms with E-state index in [9.17, 15) is 28.8 Å². The van der Waals surface area contributed by atoms with E-state index in [1.165, 1.54) is 0 Å². The Labute approximate surface area is 636 Å². The molecule has 20 nitrogen and oxygen atoms in total. The maximum Gasteiger partial charge on any atom is 0.414 e. The molecule has 568 valence electrons. The van der Waals surface area contributed by atoms with Gasteiger partial charge in [-0.15, -0.1) is 9.13 Å². The molecule has 4 aliphatic rings. The molecule has 2 aromatic heterocycles. The number of aryl methyl sites for hydroxylation is 4. The monoisotopic (exact) mass is 1490 g/mol. The molecule has 22 heteroatoms. The van der Waals surface area contributed by atoms with E-state index in [-0.39, 0.29) is 36.6 Å². The summed E-state index contributed by atoms with van der Waals surface area (Å²) in [5.41, 5.74) is 9.35. The van der Waals surface area contributed by atoms with E-state index in [2.05, 4.69) is 31.2 Å². The highest BCUT2D eigenvalue weighted by Gasteiger charge is 2.63. The first-order chi connectivity index (χ1) is 49.0. The van der Waals surface area contributed by atoms with Crippen LogP contribution in [0, 0.1) is 50.4 Å². The number of ether oxygens (including phenoxy) is 4. The maximum atomic E-state index is 14.7. The molecule has 106 heavy (non-hydrogen) atoms. The number of aromatic nitrogens is 4. The fourth-order valence-electron chi connectivity index (χ4n) is 16.1. The average Bonchev–Trinajstić information content (AvgIpc) is 0.725. The van der Waals surface area contributed by atoms with Crippen LogP contribution in [0.5, 0.6) is 0 Å². The number of benzene rings is 6. The van der Waals surface area contributed by atoms with Gasteiger partial charge in [-0.2, -0.15) is 0 Å². The van der Waals surface area contributed by atoms with Gasteiger partial charge in [0.25, 0.3) is 5.52 Å². The summed E-state index contributed by atoms with van der Waals surface area (Å²) in [4.78, 5) is 96.3. The number of rotatable bonds is 23. The number of amides is 5. The zero-order valence-electron chi connectivity index (χ0n) is 64.8. The van der Waals surface area contributed by atoms with E-state index < -0.39 is 57.5 Å². The van der Waals surface area contributed by atoms with E-state index in [1.807, 2.05) is 218 Å². The highest BCUT2D eigenvalue weighted by atomic mass is 35.5. The number of carbonyl (C=O) groups is 6. The standard InChI is InChI=1S/C84H106N10O10.2ClH/c1-52-39-62-67(44-60(52)90-76(98)102-80(8,9)10)93(58-31-23-21-24-32-58)69-46-66(54(3)41-64(69)88-62)92(78(100)104-82(14,15)16)38-30-20-19-29-37-87-75(97)84-49-56-43-57(50-84)48-83(47-56,51-84)74(96)86-36-28-18-17-27-35-85-71-55(4)42-65-72(70(71)73(95)101-79(5,6)7)94(59-33-25-22-26-34-59)68-45-61(53(2)40-63(68)89-65)91-77(99)103-81(11,12)13;;/h21-26,31-34,39-42,44-46,56-57H,17-20,27-30,35-38,43,47-51H2,1-16H3,(H3,85,86,87,91,95,96,97,99);2*1H. The number of unbranched alkanes of at least 4 members (excludes halogenated alkanes) is 6. The van der Waals surface area contributed by atoms with Crippen molar-refractivity contribution in [2.45, 2.75) is 223 Å². The van der Waals surface area contributed by atoms with Gasteiger partial charge in [0.15, 0.2) is 5.56 Å². The molecule has 0 radical (unpaired) electrons. The number of fused-ring (bicyclic) bond motifs is 4. The number of hydrogen-bond acceptors (Lipinski definition) is 13. The molecule has 4 aliphatic carbocycles. The van der Waals surface area contributed by atoms with Crippen molar-refractivity contribution < 1.29 is 81.7 Å². The van der Waals surface area contributed by atoms with Crippen LogP contribution in [-0.4, -0.2) is 94.6 Å². The summed E-state index contributed by atoms with van der Waals surface area (Å²) in [6.07, 6.45) is 9.90. The first-order valence-corrected chi connectivity index (χ1v) is 37.4. The van der Waals surface area contributed by atoms with Gasteiger partial charge in [-0.25, -0.2) is 29.1 Å². The summed E-state index contributed by atoms with van der Waals surface area (Å²) in [6, 6.07) is 33.5. The van der Waals surface area contributed by atoms with Crippen molar-refractivity contribution in [2.75, 3.05) is 47.0 Å². The first-order valence-electron chi connectivity index (χ1n) is 37.4. The molecular weight excluding hydrogens is 1380 g/mol. The Morgan fingerprint density at radius 1 is 0.481 bits per heavy atom. The van der Waals surface area contributed by atoms with Crippen molar-refractivity contribution in [3.05, 3.63) is 131 Å². The van der Waals surface area contributed by atoms with Gasteiger partial charge in [-0.05, 0) is 233 Å². The Morgan fingerprint density at radius 3 is 1.38 bits per heavy atom. The third-order valence-electron chi connectivity index (χ3n) is 20.0. The molecule has 5 amide bonds. The number of para-hydroxylation sites is 2. The molecule has 6 aromatic carbocycles. The van der Waals surface area contributed by atoms with Crippen molar-refractivity contribution in [3.63, 3.8) is 0 Å². The SMILES string of the molecule is Cc1cc2nc3cc(C)c(N(CCCCCCNC(=O)C45CC6CC(CC(C(=O)NCCCCCCNc7c(C)cc8nc9cc(C)c(NC(=O)OC(C)(C)C)cc9[n+](-c9ccccc9)c8c7C(=O)OC(C)(C)C)(C6)C4)C5)C(=O)OC(C)(C)C)cc3[n+](-c3ccccc3)c2cc1NC(=O)OC(C)(C)C.[Cl-].[Cl-]. The van der Waals surface area contributed by atoms with Crippen LogP contribution < -0.4 is 65.4 Å². The van der Waals surface area contributed by atoms with Crippen molar-refractivity contribution in [2.24, 2.45) is 22.7 Å². The smallest absolute Gasteiger partial charge is 0.414 e. The van der Waals surface area contributed by atoms with E-state index in [0.717, 1.165) is 133 Å². The predicted octanol–water partition coefficient (Wildman–Crippen LogP) is 11.3. The van der Waals surface area contributed by atoms with Crippen molar-refractivity contribution in [1.82, 2.24) is 20.6 Å². The van der Waals surface area contributed by atoms with Crippen LogP contribution >= 0.6 is 0 Å². The zero-order valence-corrected chi connectivity index (χ0v) is 66.3. The lowest BCUT2D eigenvalue weighted by atomic mass is 9.43. The molecule has 2 heterocycles. The third-order valence-corrected chi connectivity index (χ3v) is 20.0. The number of hydrogen-bond donors (Lipinski definition) is 5. The zero-order chi connectivity index (χ0) is 74.8. The summed E-state index contributed by atoms with van der Waals surface area (Å²) in [5, 5.41) is 16.3. The summed E-state index contributed by atoms with van der Waals surface area (Å²) in [6.45, 7) is 32.0. The molecule has 0 aliphatic heterocycles. The quantitative estimate of drug-likeness (QED) is 0.0132. The molecule has 2 unspecified atom stereocenters. The highest BCUT2D eigenvalue weighted by molar-refractivity contribution is 6.08. The summed E-state index contributed by atoms with van der Waals surface area (Å²) in [7, 11) is 0. The molecule has 0 spiro atoms. The number of anilines is 4. The predicted molar refractivity (Wildman–Crippen MR) is 410 cm³/mol. The van der Waals surface area contributed by atoms with Crippen molar-refractivity contribution in [3.8, 4) is 11.4 Å². The fourth-order valence-corrected chi connectivity index (χ4v) is 16.1. The lowest BCUT2D eigenvalue weighted by Crippen LogP contribution is -3.00. The molecule has 8 aromatic rings. The highest BCUT2D eigenvalue weighted by Crippen LogP contribution is 2.65. The lowest BCUT2D eigenvalue weighted by molar-refractivity contribution is -0.538. The Hall–Kier alpha value is -8.88. The number of nitrogens with one attached hydrogen (secondary N) is 5. The Bertz CT molecular complexity index is 4590. The number of nitrogens with zero attached hydrogens (tertiary/aromatic N) is 5. The van der Waals surface area contributed by atoms with Gasteiger partial charge < -0.3 is 59.7 Å². The third kappa shape index (κ3) is 19.1. The topological polar surface area (TPSA) is 236 Å². The number of esters is 1. The molecule has 4 fully saturated rings. The van der Waals surface area contributed by atoms with Gasteiger partial charge in [-0.3, -0.25) is 25.1 Å². The van der Waals surface area contributed by atoms with Crippen molar-refractivity contribution in [1.29, 1.82) is 0 Å². The number of carbonyl (C=O) groups excluding carboxylic acids is 6. The minimum Gasteiger partial charge on any atom is -1.00 e. The van der Waals surface area contributed by atoms with Gasteiger partial charge in [0.1, 0.15) is 44.5 Å². The Kier molecular flexibility index (Phi) is 25.0. The van der Waals surface area contributed by atoms with Gasteiger partial charge in [0, 0.05) is 68.6 Å². The first kappa shape index (κ1) is 81.2. The molecular formula is C84H108Cl2N10O10. The minimum atomic E-state index is -0.799. The summed E-state index contributed by atoms with van der Waals surface area (Å²) >= 11 is 0. The van der Waals surface area contributed by atoms with Crippen molar-refractivity contribution >= 4 is 103 Å². The number of halogens is 2. The summed E-state index contributed by atoms with van der Waals surface area (Å²) in [5.74, 6) is 0.365. The molecule has 4 bridgehead atoms. The van der Waals surface area contributed by atoms with Crippen LogP contribution in [-0.2, 0) is 28.5 Å². The minimum absolute atomic E-state index is 0. The molecule has 5 N–H and O–H groups in total. The van der Waals surface area contributed by atoms with Gasteiger partial charge in [0.2, 0.25) is 39.7 Å². The van der Waals surface area contributed by atoms with E-state index in [0.29, 0.717) is 101 Å². The molecule has 4 saturated carbocycles. The Balaban J connectivity index is 0.00000650. The van der Waals surface area contributed by atoms with Crippen LogP contribution in [0.2, 0.25) is 0 Å². The van der Waals surface area contributed by atoms with E-state index in [4.69, 9.17) is 28.9 Å². The van der Waals surface area contributed by atoms with Crippen LogP contribution in [0.3, 0.4) is 0 Å². The second-order valence-corrected chi connectivity index (χ2v) is 33.5. The average molecular weight is 1490 g/mol. The van der Waals surface area contributed by atoms with Crippen LogP contribution in [0.25, 0.3) is 55.5 Å². The van der Waals surface area contributed by atoms with E-state index >= 15 is 0 Å². The van der Waals surface area contributed by atoms with Crippen LogP contribution in [0.15, 0.2) is 103 Å². The van der Waals surface area contributed by atoms with Gasteiger partial charge >= 0.3 is 24.2 Å². The largest absolute Gasteiger partial charge is 1.00 e. The lowest BCUT2D eigenvalue weighted by Gasteiger charge is -2.60. The van der Waals surface area contributed by atoms with Crippen LogP contribution in [0.1, 0.15) is 206 Å².